The minimum Gasteiger partial charge on any atom is -0.310 e. The summed E-state index contributed by atoms with van der Waals surface area (Å²) in [7, 11) is 0. The lowest BCUT2D eigenvalue weighted by molar-refractivity contribution is 0.753. The first-order valence-electron chi connectivity index (χ1n) is 15.1. The average molecular weight is 595 g/mol. The average Bonchev–Trinajstić information content (AvgIpc) is 3.33. The molecule has 0 saturated heterocycles. The van der Waals surface area contributed by atoms with Crippen LogP contribution in [0.15, 0.2) is 126 Å². The van der Waals surface area contributed by atoms with Crippen molar-refractivity contribution in [3.8, 4) is 17.2 Å². The number of anilines is 3. The van der Waals surface area contributed by atoms with Crippen LogP contribution in [0.4, 0.5) is 17.1 Å². The summed E-state index contributed by atoms with van der Waals surface area (Å²) in [6.07, 6.45) is 0. The van der Waals surface area contributed by atoms with E-state index < -0.39 is 5.41 Å². The van der Waals surface area contributed by atoms with E-state index in [0.29, 0.717) is 10.9 Å². The number of hydrogen-bond donors (Lipinski definition) is 0. The molecule has 9 rings (SSSR count). The van der Waals surface area contributed by atoms with E-state index in [0.717, 1.165) is 43.0 Å². The quantitative estimate of drug-likeness (QED) is 0.178. The maximum Gasteiger partial charge on any atom is 0.195 e. The van der Waals surface area contributed by atoms with E-state index in [1.807, 2.05) is 6.07 Å². The fraction of sp³-hybridized carbons (Fsp3) is 0.0732. The van der Waals surface area contributed by atoms with Gasteiger partial charge in [-0.15, -0.1) is 11.3 Å². The van der Waals surface area contributed by atoms with Crippen LogP contribution in [-0.2, 0) is 5.41 Å². The molecule has 0 saturated carbocycles. The minimum absolute atomic E-state index is 0.00591. The highest BCUT2D eigenvalue weighted by molar-refractivity contribution is 7.24. The normalized spacial score (nSPS) is 13.8. The topological polar surface area (TPSA) is 44.1 Å². The van der Waals surface area contributed by atoms with Crippen molar-refractivity contribution in [3.05, 3.63) is 170 Å². The second-order valence-electron chi connectivity index (χ2n) is 12.2. The number of benzene rings is 6. The molecule has 1 spiro atoms. The van der Waals surface area contributed by atoms with Crippen LogP contribution in [0.2, 0.25) is 0 Å². The van der Waals surface area contributed by atoms with Gasteiger partial charge >= 0.3 is 0 Å². The lowest BCUT2D eigenvalue weighted by Gasteiger charge is -2.45. The Labute approximate surface area is 264 Å². The van der Waals surface area contributed by atoms with Gasteiger partial charge in [-0.05, 0) is 113 Å². The van der Waals surface area contributed by atoms with Crippen LogP contribution in [0, 0.1) is 25.2 Å². The smallest absolute Gasteiger partial charge is 0.195 e. The van der Waals surface area contributed by atoms with Crippen molar-refractivity contribution < 1.29 is 0 Å². The Kier molecular flexibility index (Phi) is 5.33. The van der Waals surface area contributed by atoms with Gasteiger partial charge in [0.2, 0.25) is 0 Å². The summed E-state index contributed by atoms with van der Waals surface area (Å²) >= 11 is 1.58. The Morgan fingerprint density at radius 3 is 1.93 bits per heavy atom. The van der Waals surface area contributed by atoms with E-state index in [1.54, 1.807) is 23.5 Å². The fourth-order valence-electron chi connectivity index (χ4n) is 7.88. The van der Waals surface area contributed by atoms with Crippen molar-refractivity contribution in [3.63, 3.8) is 0 Å². The first-order chi connectivity index (χ1) is 22.0. The molecule has 0 bridgehead atoms. The first-order valence-corrected chi connectivity index (χ1v) is 15.9. The van der Waals surface area contributed by atoms with Crippen LogP contribution in [0.5, 0.6) is 0 Å². The van der Waals surface area contributed by atoms with Crippen LogP contribution in [0.3, 0.4) is 0 Å². The largest absolute Gasteiger partial charge is 0.310 e. The number of hydrogen-bond acceptors (Lipinski definition) is 4. The molecule has 6 aromatic carbocycles. The molecule has 3 nitrogen and oxygen atoms in total. The number of rotatable bonds is 1. The zero-order valence-electron chi connectivity index (χ0n) is 24.8. The van der Waals surface area contributed by atoms with Gasteiger partial charge in [-0.25, -0.2) is 0 Å². The summed E-state index contributed by atoms with van der Waals surface area (Å²) < 4.78 is 1.77. The number of fused-ring (bicyclic) bond motifs is 11. The second-order valence-corrected chi connectivity index (χ2v) is 13.2. The molecule has 1 aliphatic carbocycles. The van der Waals surface area contributed by atoms with E-state index in [9.17, 15) is 10.1 Å². The zero-order valence-corrected chi connectivity index (χ0v) is 25.6. The third-order valence-corrected chi connectivity index (χ3v) is 10.6. The van der Waals surface area contributed by atoms with E-state index in [2.05, 4.69) is 128 Å². The molecule has 4 heteroatoms. The third kappa shape index (κ3) is 3.42. The van der Waals surface area contributed by atoms with Crippen molar-refractivity contribution in [1.29, 1.82) is 5.26 Å². The monoisotopic (exact) mass is 594 g/mol. The Morgan fingerprint density at radius 2 is 1.24 bits per heavy atom. The minimum atomic E-state index is -0.612. The maximum absolute atomic E-state index is 14.1. The van der Waals surface area contributed by atoms with Crippen LogP contribution in [0.1, 0.15) is 38.9 Å². The number of nitriles is 1. The van der Waals surface area contributed by atoms with Gasteiger partial charge in [-0.3, -0.25) is 4.79 Å². The molecule has 7 aromatic rings. The Morgan fingerprint density at radius 1 is 0.622 bits per heavy atom. The highest BCUT2D eigenvalue weighted by Crippen LogP contribution is 2.63. The van der Waals surface area contributed by atoms with Gasteiger partial charge in [0.1, 0.15) is 0 Å². The highest BCUT2D eigenvalue weighted by Gasteiger charge is 2.51. The Hall–Kier alpha value is -5.50. The van der Waals surface area contributed by atoms with Crippen LogP contribution < -0.4 is 10.3 Å². The summed E-state index contributed by atoms with van der Waals surface area (Å²) in [5, 5.41) is 10.9. The molecule has 2 aliphatic rings. The predicted octanol–water partition coefficient (Wildman–Crippen LogP) is 10.0. The maximum atomic E-state index is 14.1. The summed E-state index contributed by atoms with van der Waals surface area (Å²) in [6.45, 7) is 4.31. The van der Waals surface area contributed by atoms with Crippen molar-refractivity contribution in [1.82, 2.24) is 0 Å². The molecular weight excluding hydrogens is 569 g/mol. The van der Waals surface area contributed by atoms with Gasteiger partial charge in [0, 0.05) is 25.9 Å². The van der Waals surface area contributed by atoms with E-state index in [4.69, 9.17) is 0 Å². The van der Waals surface area contributed by atoms with E-state index in [1.165, 1.54) is 33.4 Å². The van der Waals surface area contributed by atoms with Gasteiger partial charge in [0.05, 0.1) is 28.4 Å². The van der Waals surface area contributed by atoms with Crippen LogP contribution in [-0.4, -0.2) is 0 Å². The number of para-hydroxylation sites is 2. The molecule has 0 unspecified atom stereocenters. The lowest BCUT2D eigenvalue weighted by atomic mass is 9.64. The van der Waals surface area contributed by atoms with Crippen molar-refractivity contribution in [2.45, 2.75) is 19.3 Å². The molecule has 0 amide bonds. The molecule has 0 atom stereocenters. The lowest BCUT2D eigenvalue weighted by Crippen LogP contribution is -2.36. The van der Waals surface area contributed by atoms with Gasteiger partial charge < -0.3 is 4.90 Å². The van der Waals surface area contributed by atoms with Gasteiger partial charge in [-0.1, -0.05) is 66.7 Å². The predicted molar refractivity (Wildman–Crippen MR) is 185 cm³/mol. The molecule has 2 heterocycles. The second kappa shape index (κ2) is 9.25. The molecule has 1 aliphatic heterocycles. The fourth-order valence-corrected chi connectivity index (χ4v) is 9.01. The molecule has 0 N–H and O–H groups in total. The van der Waals surface area contributed by atoms with Crippen LogP contribution in [0.25, 0.3) is 31.3 Å². The van der Waals surface area contributed by atoms with Crippen molar-refractivity contribution in [2.24, 2.45) is 0 Å². The van der Waals surface area contributed by atoms with Gasteiger partial charge in [0.25, 0.3) is 0 Å². The highest BCUT2D eigenvalue weighted by atomic mass is 32.1. The van der Waals surface area contributed by atoms with Gasteiger partial charge in [0.15, 0.2) is 5.43 Å². The summed E-state index contributed by atoms with van der Waals surface area (Å²) in [5.41, 5.74) is 12.9. The van der Waals surface area contributed by atoms with E-state index >= 15 is 0 Å². The molecule has 45 heavy (non-hydrogen) atoms. The summed E-state index contributed by atoms with van der Waals surface area (Å²) in [5.74, 6) is 0. The first kappa shape index (κ1) is 25.9. The zero-order chi connectivity index (χ0) is 30.4. The van der Waals surface area contributed by atoms with Crippen molar-refractivity contribution in [2.75, 3.05) is 4.90 Å². The molecule has 212 valence electrons. The van der Waals surface area contributed by atoms with Crippen LogP contribution >= 0.6 is 11.3 Å². The summed E-state index contributed by atoms with van der Waals surface area (Å²) in [6, 6.07) is 44.9. The number of nitrogens with zero attached hydrogens (tertiary/aromatic N) is 2. The molecule has 1 aromatic heterocycles. The molecule has 0 fully saturated rings. The molecular formula is C41H26N2OS. The van der Waals surface area contributed by atoms with Crippen molar-refractivity contribution >= 4 is 48.6 Å². The summed E-state index contributed by atoms with van der Waals surface area (Å²) in [4.78, 5) is 16.5. The number of aryl methyl sites for hydroxylation is 2. The van der Waals surface area contributed by atoms with E-state index in [-0.39, 0.29) is 5.43 Å². The third-order valence-electron chi connectivity index (χ3n) is 9.53. The van der Waals surface area contributed by atoms with Gasteiger partial charge in [-0.2, -0.15) is 5.26 Å². The Bertz CT molecular complexity index is 2450. The standard InChI is InChI=1S/C41H26N2OS/c1-24-17-25(2)19-27(18-24)43-36-13-7-5-11-33(36)41(34-12-6-8-14-37(34)43)32-10-4-3-9-28(32)30-22-39-31(21-35(30)41)40(44)29-16-15-26(23-42)20-38(29)45-39/h3-22H,1-2H3. The Balaban J connectivity index is 1.43. The SMILES string of the molecule is Cc1cc(C)cc(N2c3ccccc3C3(c4ccccc4-c4cc5sc6cc(C#N)ccc6c(=O)c5cc43)c3ccccc32)c1. The molecule has 0 radical (unpaired) electrons.